The molecule has 0 fully saturated rings. The molecule has 0 bridgehead atoms. The molecule has 0 saturated heterocycles. The molecule has 0 heterocycles. The van der Waals surface area contributed by atoms with Crippen LogP contribution in [-0.2, 0) is 25.6 Å². The number of nitrogens with one attached hydrogen (secondary N) is 1. The molecule has 0 atom stereocenters. The second kappa shape index (κ2) is 6.28. The molecular weight excluding hydrogens is 317 g/mol. The summed E-state index contributed by atoms with van der Waals surface area (Å²) in [5.74, 6) is -0.424. The van der Waals surface area contributed by atoms with Gasteiger partial charge in [-0.25, -0.2) is 0 Å². The summed E-state index contributed by atoms with van der Waals surface area (Å²) in [5, 5.41) is 2.54. The van der Waals surface area contributed by atoms with Crippen molar-refractivity contribution in [2.75, 3.05) is 5.32 Å². The third-order valence-corrected chi connectivity index (χ3v) is 4.17. The van der Waals surface area contributed by atoms with Gasteiger partial charge in [0.15, 0.2) is 0 Å². The van der Waals surface area contributed by atoms with Gasteiger partial charge in [0.05, 0.1) is 5.56 Å². The zero-order valence-corrected chi connectivity index (χ0v) is 12.9. The van der Waals surface area contributed by atoms with Gasteiger partial charge < -0.3 is 11.1 Å². The average Bonchev–Trinajstić information content (AvgIpc) is 3.01. The van der Waals surface area contributed by atoms with Crippen molar-refractivity contribution in [3.63, 3.8) is 0 Å². The van der Waals surface area contributed by atoms with E-state index in [-0.39, 0.29) is 12.2 Å². The van der Waals surface area contributed by atoms with E-state index in [4.69, 9.17) is 5.73 Å². The molecule has 2 aromatic rings. The lowest BCUT2D eigenvalue weighted by atomic mass is 10.1. The Hall–Kier alpha value is -2.34. The molecule has 3 nitrogen and oxygen atoms in total. The largest absolute Gasteiger partial charge is 0.416 e. The Labute approximate surface area is 137 Å². The molecule has 0 radical (unpaired) electrons. The molecule has 24 heavy (non-hydrogen) atoms. The van der Waals surface area contributed by atoms with E-state index in [2.05, 4.69) is 5.32 Å². The minimum atomic E-state index is -4.49. The first kappa shape index (κ1) is 16.5. The maximum Gasteiger partial charge on any atom is 0.416 e. The number of carbonyl (C=O) groups is 1. The lowest BCUT2D eigenvalue weighted by molar-refractivity contribution is -0.137. The van der Waals surface area contributed by atoms with Crippen LogP contribution in [0.25, 0.3) is 0 Å². The minimum Gasteiger partial charge on any atom is -0.326 e. The summed E-state index contributed by atoms with van der Waals surface area (Å²) in [6.07, 6.45) is -1.49. The topological polar surface area (TPSA) is 55.1 Å². The number of fused-ring (bicyclic) bond motifs is 1. The van der Waals surface area contributed by atoms with Gasteiger partial charge in [-0.1, -0.05) is 6.07 Å². The van der Waals surface area contributed by atoms with Crippen LogP contribution in [0.3, 0.4) is 0 Å². The normalized spacial score (nSPS) is 13.7. The first-order chi connectivity index (χ1) is 11.4. The number of aryl methyl sites for hydroxylation is 2. The maximum absolute atomic E-state index is 12.9. The number of halogens is 3. The van der Waals surface area contributed by atoms with E-state index in [1.807, 2.05) is 12.1 Å². The highest BCUT2D eigenvalue weighted by molar-refractivity contribution is 6.04. The van der Waals surface area contributed by atoms with Gasteiger partial charge in [-0.05, 0) is 66.3 Å². The van der Waals surface area contributed by atoms with Crippen molar-refractivity contribution in [2.45, 2.75) is 32.0 Å². The summed E-state index contributed by atoms with van der Waals surface area (Å²) in [6, 6.07) is 8.80. The standard InChI is InChI=1S/C18H17F3N2O/c19-18(20,21)15-6-11(10-22)7-16(9-15)23-17(24)14-5-4-12-2-1-3-13(12)8-14/h4-9H,1-3,10,22H2,(H,23,24). The van der Waals surface area contributed by atoms with Crippen molar-refractivity contribution < 1.29 is 18.0 Å². The van der Waals surface area contributed by atoms with Crippen LogP contribution in [0.2, 0.25) is 0 Å². The third-order valence-electron chi connectivity index (χ3n) is 4.17. The highest BCUT2D eigenvalue weighted by Gasteiger charge is 2.31. The number of alkyl halides is 3. The second-order valence-electron chi connectivity index (χ2n) is 5.91. The average molecular weight is 334 g/mol. The van der Waals surface area contributed by atoms with Gasteiger partial charge in [0.1, 0.15) is 0 Å². The van der Waals surface area contributed by atoms with Gasteiger partial charge in [0, 0.05) is 17.8 Å². The highest BCUT2D eigenvalue weighted by Crippen LogP contribution is 2.32. The number of amides is 1. The molecule has 2 aromatic carbocycles. The van der Waals surface area contributed by atoms with Crippen LogP contribution in [0.1, 0.15) is 39.0 Å². The number of hydrogen-bond acceptors (Lipinski definition) is 2. The zero-order chi connectivity index (χ0) is 17.3. The minimum absolute atomic E-state index is 0.0361. The molecule has 0 spiro atoms. The Morgan fingerprint density at radius 1 is 1.08 bits per heavy atom. The molecule has 3 rings (SSSR count). The Morgan fingerprint density at radius 2 is 1.83 bits per heavy atom. The summed E-state index contributed by atoms with van der Waals surface area (Å²) in [6.45, 7) is -0.0361. The smallest absolute Gasteiger partial charge is 0.326 e. The summed E-state index contributed by atoms with van der Waals surface area (Å²) in [5.41, 5.74) is 7.85. The molecule has 0 saturated carbocycles. The van der Waals surface area contributed by atoms with E-state index in [9.17, 15) is 18.0 Å². The Morgan fingerprint density at radius 3 is 2.54 bits per heavy atom. The third kappa shape index (κ3) is 3.43. The molecule has 0 aromatic heterocycles. The number of hydrogen-bond donors (Lipinski definition) is 2. The van der Waals surface area contributed by atoms with E-state index < -0.39 is 17.6 Å². The Bertz CT molecular complexity index is 784. The van der Waals surface area contributed by atoms with Crippen LogP contribution in [0.15, 0.2) is 36.4 Å². The molecule has 3 N–H and O–H groups in total. The van der Waals surface area contributed by atoms with Crippen LogP contribution in [-0.4, -0.2) is 5.91 Å². The lowest BCUT2D eigenvalue weighted by Crippen LogP contribution is -2.14. The summed E-state index contributed by atoms with van der Waals surface area (Å²) in [7, 11) is 0. The second-order valence-corrected chi connectivity index (χ2v) is 5.91. The predicted octanol–water partition coefficient (Wildman–Crippen LogP) is 3.91. The fourth-order valence-corrected chi connectivity index (χ4v) is 2.96. The lowest BCUT2D eigenvalue weighted by Gasteiger charge is -2.13. The number of benzene rings is 2. The predicted molar refractivity (Wildman–Crippen MR) is 85.8 cm³/mol. The van der Waals surface area contributed by atoms with Crippen LogP contribution in [0, 0.1) is 0 Å². The first-order valence-corrected chi connectivity index (χ1v) is 7.71. The van der Waals surface area contributed by atoms with Gasteiger partial charge >= 0.3 is 6.18 Å². The molecule has 1 amide bonds. The molecule has 6 heteroatoms. The number of carbonyl (C=O) groups excluding carboxylic acids is 1. The molecule has 1 aliphatic rings. The van der Waals surface area contributed by atoms with Crippen molar-refractivity contribution in [2.24, 2.45) is 5.73 Å². The summed E-state index contributed by atoms with van der Waals surface area (Å²) in [4.78, 5) is 12.4. The number of anilines is 1. The van der Waals surface area contributed by atoms with Crippen LogP contribution in [0.5, 0.6) is 0 Å². The van der Waals surface area contributed by atoms with Crippen molar-refractivity contribution in [1.82, 2.24) is 0 Å². The highest BCUT2D eigenvalue weighted by atomic mass is 19.4. The van der Waals surface area contributed by atoms with Crippen molar-refractivity contribution in [1.29, 1.82) is 0 Å². The van der Waals surface area contributed by atoms with Crippen LogP contribution < -0.4 is 11.1 Å². The molecule has 0 unspecified atom stereocenters. The Balaban J connectivity index is 1.86. The first-order valence-electron chi connectivity index (χ1n) is 7.71. The van der Waals surface area contributed by atoms with Gasteiger partial charge in [-0.2, -0.15) is 13.2 Å². The molecule has 1 aliphatic carbocycles. The fraction of sp³-hybridized carbons (Fsp3) is 0.278. The zero-order valence-electron chi connectivity index (χ0n) is 12.9. The fourth-order valence-electron chi connectivity index (χ4n) is 2.96. The van der Waals surface area contributed by atoms with Crippen LogP contribution >= 0.6 is 0 Å². The summed E-state index contributed by atoms with van der Waals surface area (Å²) < 4.78 is 38.8. The molecular formula is C18H17F3N2O. The van der Waals surface area contributed by atoms with E-state index in [0.29, 0.717) is 11.1 Å². The summed E-state index contributed by atoms with van der Waals surface area (Å²) >= 11 is 0. The number of nitrogens with two attached hydrogens (primary N) is 1. The van der Waals surface area contributed by atoms with Crippen molar-refractivity contribution >= 4 is 11.6 Å². The van der Waals surface area contributed by atoms with Crippen molar-refractivity contribution in [3.05, 3.63) is 64.2 Å². The van der Waals surface area contributed by atoms with Crippen molar-refractivity contribution in [3.8, 4) is 0 Å². The van der Waals surface area contributed by atoms with Gasteiger partial charge in [-0.15, -0.1) is 0 Å². The molecule has 0 aliphatic heterocycles. The van der Waals surface area contributed by atoms with Gasteiger partial charge in [0.2, 0.25) is 0 Å². The van der Waals surface area contributed by atoms with Gasteiger partial charge in [0.25, 0.3) is 5.91 Å². The SMILES string of the molecule is NCc1cc(NC(=O)c2ccc3c(c2)CCC3)cc(C(F)(F)F)c1. The van der Waals surface area contributed by atoms with E-state index >= 15 is 0 Å². The van der Waals surface area contributed by atoms with Gasteiger partial charge in [-0.3, -0.25) is 4.79 Å². The monoisotopic (exact) mass is 334 g/mol. The van der Waals surface area contributed by atoms with E-state index in [0.717, 1.165) is 37.0 Å². The maximum atomic E-state index is 12.9. The van der Waals surface area contributed by atoms with Crippen LogP contribution in [0.4, 0.5) is 18.9 Å². The quantitative estimate of drug-likeness (QED) is 0.894. The molecule has 126 valence electrons. The number of rotatable bonds is 3. The Kier molecular flexibility index (Phi) is 4.32. The van der Waals surface area contributed by atoms with E-state index in [1.54, 1.807) is 6.07 Å². The van der Waals surface area contributed by atoms with E-state index in [1.165, 1.54) is 11.6 Å².